The molecule has 1 fully saturated rings. The van der Waals surface area contributed by atoms with Crippen LogP contribution in [0.4, 0.5) is 5.69 Å². The van der Waals surface area contributed by atoms with Crippen molar-refractivity contribution in [2.75, 3.05) is 11.4 Å². The zero-order valence-electron chi connectivity index (χ0n) is 14.6. The van der Waals surface area contributed by atoms with E-state index < -0.39 is 0 Å². The van der Waals surface area contributed by atoms with Crippen molar-refractivity contribution < 1.29 is 9.32 Å². The predicted octanol–water partition coefficient (Wildman–Crippen LogP) is 4.53. The van der Waals surface area contributed by atoms with Crippen LogP contribution in [-0.2, 0) is 4.79 Å². The Balaban J connectivity index is 1.59. The highest BCUT2D eigenvalue weighted by molar-refractivity contribution is 6.33. The molecule has 1 aliphatic rings. The lowest BCUT2D eigenvalue weighted by molar-refractivity contribution is -0.117. The third-order valence-corrected chi connectivity index (χ3v) is 5.00. The summed E-state index contributed by atoms with van der Waals surface area (Å²) in [7, 11) is 0. The molecule has 5 nitrogen and oxygen atoms in total. The summed E-state index contributed by atoms with van der Waals surface area (Å²) in [6, 6.07) is 13.5. The number of nitrogens with zero attached hydrogens (tertiary/aromatic N) is 3. The number of carbonyl (C=O) groups excluding carboxylic acids is 1. The zero-order valence-corrected chi connectivity index (χ0v) is 15.3. The van der Waals surface area contributed by atoms with Gasteiger partial charge in [0, 0.05) is 24.2 Å². The number of amides is 1. The Bertz CT molecular complexity index is 983. The number of anilines is 1. The lowest BCUT2D eigenvalue weighted by atomic mass is 10.1. The molecule has 132 valence electrons. The van der Waals surface area contributed by atoms with E-state index in [2.05, 4.69) is 16.2 Å². The second-order valence-corrected chi connectivity index (χ2v) is 7.04. The van der Waals surface area contributed by atoms with Crippen molar-refractivity contribution in [2.45, 2.75) is 26.2 Å². The number of rotatable bonds is 3. The van der Waals surface area contributed by atoms with Crippen LogP contribution in [-0.4, -0.2) is 22.6 Å². The number of hydrogen-bond acceptors (Lipinski definition) is 4. The topological polar surface area (TPSA) is 59.2 Å². The van der Waals surface area contributed by atoms with Crippen LogP contribution in [0, 0.1) is 13.8 Å². The average Bonchev–Trinajstić information content (AvgIpc) is 3.22. The summed E-state index contributed by atoms with van der Waals surface area (Å²) < 4.78 is 5.44. The Morgan fingerprint density at radius 3 is 2.77 bits per heavy atom. The minimum absolute atomic E-state index is 0.0689. The Hall–Kier alpha value is -2.66. The zero-order chi connectivity index (χ0) is 18.3. The molecule has 0 unspecified atom stereocenters. The average molecular weight is 368 g/mol. The fourth-order valence-corrected chi connectivity index (χ4v) is 3.59. The van der Waals surface area contributed by atoms with Gasteiger partial charge in [0.25, 0.3) is 0 Å². The van der Waals surface area contributed by atoms with E-state index in [9.17, 15) is 4.79 Å². The lowest BCUT2D eigenvalue weighted by Gasteiger charge is -2.19. The SMILES string of the molecule is Cc1ccc(N2C[C@H](c3nc(-c4ccccc4Cl)no3)CC2=O)c(C)c1. The Morgan fingerprint density at radius 2 is 2.00 bits per heavy atom. The fourth-order valence-electron chi connectivity index (χ4n) is 3.37. The van der Waals surface area contributed by atoms with E-state index in [0.717, 1.165) is 16.8 Å². The molecule has 1 aliphatic heterocycles. The Morgan fingerprint density at radius 1 is 1.19 bits per heavy atom. The first-order valence-corrected chi connectivity index (χ1v) is 8.87. The minimum Gasteiger partial charge on any atom is -0.339 e. The molecule has 4 rings (SSSR count). The van der Waals surface area contributed by atoms with Crippen molar-refractivity contribution in [1.82, 2.24) is 10.1 Å². The molecule has 0 spiro atoms. The molecule has 0 radical (unpaired) electrons. The molecule has 2 heterocycles. The van der Waals surface area contributed by atoms with Gasteiger partial charge in [-0.25, -0.2) is 0 Å². The molecule has 6 heteroatoms. The summed E-state index contributed by atoms with van der Waals surface area (Å²) in [5, 5.41) is 4.61. The Kier molecular flexibility index (Phi) is 4.24. The van der Waals surface area contributed by atoms with Gasteiger partial charge in [0.15, 0.2) is 0 Å². The number of aryl methyl sites for hydroxylation is 2. The maximum absolute atomic E-state index is 12.5. The van der Waals surface area contributed by atoms with E-state index in [0.29, 0.717) is 29.7 Å². The molecule has 0 bridgehead atoms. The van der Waals surface area contributed by atoms with Gasteiger partial charge in [-0.05, 0) is 37.6 Å². The van der Waals surface area contributed by atoms with E-state index in [-0.39, 0.29) is 11.8 Å². The van der Waals surface area contributed by atoms with E-state index in [1.165, 1.54) is 5.56 Å². The quantitative estimate of drug-likeness (QED) is 0.682. The molecule has 1 aromatic heterocycles. The molecule has 1 amide bonds. The number of benzene rings is 2. The van der Waals surface area contributed by atoms with Gasteiger partial charge < -0.3 is 9.42 Å². The molecule has 26 heavy (non-hydrogen) atoms. The first-order chi connectivity index (χ1) is 12.5. The number of halogens is 1. The molecule has 0 N–H and O–H groups in total. The van der Waals surface area contributed by atoms with Crippen LogP contribution in [0.5, 0.6) is 0 Å². The van der Waals surface area contributed by atoms with E-state index >= 15 is 0 Å². The summed E-state index contributed by atoms with van der Waals surface area (Å²) in [6.07, 6.45) is 0.359. The lowest BCUT2D eigenvalue weighted by Crippen LogP contribution is -2.25. The monoisotopic (exact) mass is 367 g/mol. The highest BCUT2D eigenvalue weighted by Crippen LogP contribution is 2.34. The third-order valence-electron chi connectivity index (χ3n) is 4.67. The maximum atomic E-state index is 12.5. The van der Waals surface area contributed by atoms with Crippen LogP contribution < -0.4 is 4.90 Å². The second kappa shape index (κ2) is 6.57. The van der Waals surface area contributed by atoms with Gasteiger partial charge in [-0.15, -0.1) is 0 Å². The summed E-state index contributed by atoms with van der Waals surface area (Å²) in [5.74, 6) is 0.870. The van der Waals surface area contributed by atoms with E-state index in [1.807, 2.05) is 44.2 Å². The molecule has 1 atom stereocenters. The van der Waals surface area contributed by atoms with Crippen LogP contribution in [0.2, 0.25) is 5.02 Å². The van der Waals surface area contributed by atoms with Crippen LogP contribution >= 0.6 is 11.6 Å². The number of hydrogen-bond donors (Lipinski definition) is 0. The van der Waals surface area contributed by atoms with Gasteiger partial charge >= 0.3 is 0 Å². The van der Waals surface area contributed by atoms with Crippen LogP contribution in [0.1, 0.15) is 29.4 Å². The molecular formula is C20H18ClN3O2. The molecule has 2 aromatic carbocycles. The normalized spacial score (nSPS) is 17.1. The molecule has 0 aliphatic carbocycles. The highest BCUT2D eigenvalue weighted by atomic mass is 35.5. The van der Waals surface area contributed by atoms with Gasteiger partial charge in [0.1, 0.15) is 0 Å². The van der Waals surface area contributed by atoms with Crippen LogP contribution in [0.15, 0.2) is 47.0 Å². The molecule has 0 saturated carbocycles. The smallest absolute Gasteiger partial charge is 0.232 e. The summed E-state index contributed by atoms with van der Waals surface area (Å²) in [4.78, 5) is 18.8. The van der Waals surface area contributed by atoms with Gasteiger partial charge in [-0.1, -0.05) is 46.6 Å². The van der Waals surface area contributed by atoms with Gasteiger partial charge in [0.05, 0.1) is 10.9 Å². The first-order valence-electron chi connectivity index (χ1n) is 8.49. The summed E-state index contributed by atoms with van der Waals surface area (Å²) in [5.41, 5.74) is 3.92. The molecule has 1 saturated heterocycles. The van der Waals surface area contributed by atoms with Crippen molar-refractivity contribution in [3.63, 3.8) is 0 Å². The highest BCUT2D eigenvalue weighted by Gasteiger charge is 2.35. The second-order valence-electron chi connectivity index (χ2n) is 6.63. The number of carbonyl (C=O) groups is 1. The van der Waals surface area contributed by atoms with Crippen molar-refractivity contribution in [3.8, 4) is 11.4 Å². The first kappa shape index (κ1) is 16.8. The third kappa shape index (κ3) is 2.99. The van der Waals surface area contributed by atoms with Crippen molar-refractivity contribution >= 4 is 23.2 Å². The Labute approximate surface area is 156 Å². The summed E-state index contributed by atoms with van der Waals surface area (Å²) in [6.45, 7) is 4.60. The van der Waals surface area contributed by atoms with E-state index in [4.69, 9.17) is 16.1 Å². The van der Waals surface area contributed by atoms with Gasteiger partial charge in [-0.2, -0.15) is 4.98 Å². The van der Waals surface area contributed by atoms with Crippen LogP contribution in [0.25, 0.3) is 11.4 Å². The van der Waals surface area contributed by atoms with Gasteiger partial charge in [-0.3, -0.25) is 4.79 Å². The van der Waals surface area contributed by atoms with Crippen molar-refractivity contribution in [3.05, 3.63) is 64.5 Å². The van der Waals surface area contributed by atoms with Crippen molar-refractivity contribution in [2.24, 2.45) is 0 Å². The standard InChI is InChI=1S/C20H18ClN3O2/c1-12-7-8-17(13(2)9-12)24-11-14(10-18(24)25)20-22-19(23-26-20)15-5-3-4-6-16(15)21/h3-9,14H,10-11H2,1-2H3/t14-/m1/s1. The number of aromatic nitrogens is 2. The maximum Gasteiger partial charge on any atom is 0.232 e. The predicted molar refractivity (Wildman–Crippen MR) is 100 cm³/mol. The minimum atomic E-state index is -0.119. The van der Waals surface area contributed by atoms with Crippen molar-refractivity contribution in [1.29, 1.82) is 0 Å². The van der Waals surface area contributed by atoms with Gasteiger partial charge in [0.2, 0.25) is 17.6 Å². The van der Waals surface area contributed by atoms with Crippen LogP contribution in [0.3, 0.4) is 0 Å². The fraction of sp³-hybridized carbons (Fsp3) is 0.250. The van der Waals surface area contributed by atoms with E-state index in [1.54, 1.807) is 11.0 Å². The largest absolute Gasteiger partial charge is 0.339 e. The molecular weight excluding hydrogens is 350 g/mol. The molecule has 3 aromatic rings. The summed E-state index contributed by atoms with van der Waals surface area (Å²) >= 11 is 6.20.